The van der Waals surface area contributed by atoms with Crippen molar-refractivity contribution in [2.24, 2.45) is 0 Å². The maximum Gasteiger partial charge on any atom is 0.124 e. The van der Waals surface area contributed by atoms with E-state index in [1.165, 1.54) is 11.1 Å². The Morgan fingerprint density at radius 2 is 1.84 bits per heavy atom. The number of hydrogen-bond acceptors (Lipinski definition) is 4. The van der Waals surface area contributed by atoms with Gasteiger partial charge in [-0.15, -0.1) is 16.4 Å². The molecule has 4 nitrogen and oxygen atoms in total. The van der Waals surface area contributed by atoms with Crippen LogP contribution in [0.3, 0.4) is 0 Å². The molecule has 0 bridgehead atoms. The van der Waals surface area contributed by atoms with Crippen LogP contribution in [0.1, 0.15) is 16.8 Å². The van der Waals surface area contributed by atoms with E-state index in [9.17, 15) is 0 Å². The lowest BCUT2D eigenvalue weighted by Crippen LogP contribution is -1.99. The quantitative estimate of drug-likeness (QED) is 0.536. The van der Waals surface area contributed by atoms with Crippen molar-refractivity contribution >= 4 is 11.3 Å². The van der Waals surface area contributed by atoms with E-state index in [0.717, 1.165) is 33.4 Å². The molecular weight excluding hydrogens is 328 g/mol. The van der Waals surface area contributed by atoms with Gasteiger partial charge in [-0.25, -0.2) is 9.67 Å². The highest BCUT2D eigenvalue weighted by atomic mass is 32.1. The Morgan fingerprint density at radius 1 is 1.00 bits per heavy atom. The van der Waals surface area contributed by atoms with Crippen molar-refractivity contribution in [3.8, 4) is 21.1 Å². The van der Waals surface area contributed by atoms with Crippen LogP contribution in [-0.4, -0.2) is 20.0 Å². The fraction of sp³-hybridized carbons (Fsp3) is 0.150. The second-order valence-electron chi connectivity index (χ2n) is 6.09. The summed E-state index contributed by atoms with van der Waals surface area (Å²) in [6.07, 6.45) is 1.99. The van der Waals surface area contributed by atoms with Crippen LogP contribution in [0.2, 0.25) is 0 Å². The normalized spacial score (nSPS) is 11.0. The molecule has 0 spiro atoms. The fourth-order valence-electron chi connectivity index (χ4n) is 2.79. The third-order valence-corrected chi connectivity index (χ3v) is 5.25. The molecule has 0 saturated carbocycles. The number of rotatable bonds is 4. The van der Waals surface area contributed by atoms with Gasteiger partial charge in [-0.3, -0.25) is 0 Å². The molecule has 0 amide bonds. The number of thiazole rings is 1. The van der Waals surface area contributed by atoms with Gasteiger partial charge in [-0.05, 0) is 25.5 Å². The lowest BCUT2D eigenvalue weighted by atomic mass is 10.1. The van der Waals surface area contributed by atoms with Crippen LogP contribution in [0.15, 0.2) is 60.8 Å². The number of aromatic nitrogens is 4. The lowest BCUT2D eigenvalue weighted by Gasteiger charge is -1.99. The highest BCUT2D eigenvalue weighted by Gasteiger charge is 2.14. The molecular formula is C20H18N4S. The van der Waals surface area contributed by atoms with Crippen LogP contribution in [0.4, 0.5) is 0 Å². The van der Waals surface area contributed by atoms with Gasteiger partial charge in [0.2, 0.25) is 0 Å². The molecule has 0 fully saturated rings. The van der Waals surface area contributed by atoms with Crippen molar-refractivity contribution in [1.82, 2.24) is 20.0 Å². The van der Waals surface area contributed by atoms with Crippen molar-refractivity contribution in [3.05, 3.63) is 77.6 Å². The van der Waals surface area contributed by atoms with Gasteiger partial charge in [0.1, 0.15) is 10.7 Å². The second kappa shape index (κ2) is 6.61. The average molecular weight is 346 g/mol. The lowest BCUT2D eigenvalue weighted by molar-refractivity contribution is 0.650. The highest BCUT2D eigenvalue weighted by Crippen LogP contribution is 2.34. The summed E-state index contributed by atoms with van der Waals surface area (Å²) < 4.78 is 1.87. The monoisotopic (exact) mass is 346 g/mol. The predicted molar refractivity (Wildman–Crippen MR) is 102 cm³/mol. The van der Waals surface area contributed by atoms with Crippen LogP contribution in [0.5, 0.6) is 0 Å². The summed E-state index contributed by atoms with van der Waals surface area (Å²) >= 11 is 1.67. The minimum Gasteiger partial charge on any atom is -0.247 e. The summed E-state index contributed by atoms with van der Waals surface area (Å²) in [6.45, 7) is 4.85. The topological polar surface area (TPSA) is 43.6 Å². The van der Waals surface area contributed by atoms with E-state index in [2.05, 4.69) is 53.6 Å². The Kier molecular flexibility index (Phi) is 4.15. The van der Waals surface area contributed by atoms with Crippen molar-refractivity contribution in [2.45, 2.75) is 20.4 Å². The highest BCUT2D eigenvalue weighted by molar-refractivity contribution is 7.18. The molecule has 0 aliphatic carbocycles. The van der Waals surface area contributed by atoms with Gasteiger partial charge in [0.15, 0.2) is 0 Å². The van der Waals surface area contributed by atoms with Gasteiger partial charge in [0.25, 0.3) is 0 Å². The first-order chi connectivity index (χ1) is 12.2. The van der Waals surface area contributed by atoms with Crippen molar-refractivity contribution in [1.29, 1.82) is 0 Å². The third-order valence-electron chi connectivity index (χ3n) is 4.02. The maximum absolute atomic E-state index is 4.73. The summed E-state index contributed by atoms with van der Waals surface area (Å²) in [5, 5.41) is 9.64. The Labute approximate surface area is 150 Å². The summed E-state index contributed by atoms with van der Waals surface area (Å²) in [7, 11) is 0. The molecule has 2 heterocycles. The summed E-state index contributed by atoms with van der Waals surface area (Å²) in [5.74, 6) is 0. The average Bonchev–Trinajstić information content (AvgIpc) is 3.22. The fourth-order valence-corrected chi connectivity index (χ4v) is 3.80. The van der Waals surface area contributed by atoms with E-state index >= 15 is 0 Å². The number of hydrogen-bond donors (Lipinski definition) is 0. The van der Waals surface area contributed by atoms with E-state index in [-0.39, 0.29) is 0 Å². The molecule has 2 aromatic carbocycles. The molecule has 124 valence electrons. The smallest absolute Gasteiger partial charge is 0.124 e. The number of aryl methyl sites for hydroxylation is 2. The largest absolute Gasteiger partial charge is 0.247 e. The molecule has 0 unspecified atom stereocenters. The van der Waals surface area contributed by atoms with Crippen molar-refractivity contribution in [3.63, 3.8) is 0 Å². The van der Waals surface area contributed by atoms with E-state index in [0.29, 0.717) is 0 Å². The second-order valence-corrected chi connectivity index (χ2v) is 7.09. The molecule has 25 heavy (non-hydrogen) atoms. The van der Waals surface area contributed by atoms with Crippen LogP contribution >= 0.6 is 11.3 Å². The van der Waals surface area contributed by atoms with E-state index in [4.69, 9.17) is 4.98 Å². The van der Waals surface area contributed by atoms with Crippen LogP contribution < -0.4 is 0 Å². The molecule has 4 aromatic rings. The molecule has 0 radical (unpaired) electrons. The number of nitrogens with zero attached hydrogens (tertiary/aromatic N) is 4. The molecule has 0 atom stereocenters. The first-order valence-corrected chi connectivity index (χ1v) is 8.99. The Bertz CT molecular complexity index is 1000. The predicted octanol–water partition coefficient (Wildman–Crippen LogP) is 4.73. The summed E-state index contributed by atoms with van der Waals surface area (Å²) in [4.78, 5) is 5.81. The Hall–Kier alpha value is -2.79. The first kappa shape index (κ1) is 15.7. The molecule has 0 saturated heterocycles. The van der Waals surface area contributed by atoms with Gasteiger partial charge in [0, 0.05) is 5.56 Å². The summed E-state index contributed by atoms with van der Waals surface area (Å²) in [6, 6.07) is 18.7. The molecule has 4 rings (SSSR count). The molecule has 0 aliphatic heterocycles. The standard InChI is InChI=1S/C20H18N4S/c1-14-7-6-10-17(11-14)20-21-15(2)19(25-20)18-13-24(23-22-18)12-16-8-4-3-5-9-16/h3-11,13H,12H2,1-2H3. The van der Waals surface area contributed by atoms with E-state index in [1.807, 2.05) is 36.0 Å². The van der Waals surface area contributed by atoms with Crippen molar-refractivity contribution < 1.29 is 0 Å². The van der Waals surface area contributed by atoms with Gasteiger partial charge in [0.05, 0.1) is 23.3 Å². The van der Waals surface area contributed by atoms with Crippen LogP contribution in [0.25, 0.3) is 21.1 Å². The SMILES string of the molecule is Cc1cccc(-c2nc(C)c(-c3cn(Cc4ccccc4)nn3)s2)c1. The zero-order valence-electron chi connectivity index (χ0n) is 14.2. The van der Waals surface area contributed by atoms with E-state index < -0.39 is 0 Å². The minimum absolute atomic E-state index is 0.719. The molecule has 5 heteroatoms. The van der Waals surface area contributed by atoms with Gasteiger partial charge >= 0.3 is 0 Å². The van der Waals surface area contributed by atoms with Gasteiger partial charge in [-0.2, -0.15) is 0 Å². The van der Waals surface area contributed by atoms with Crippen molar-refractivity contribution in [2.75, 3.05) is 0 Å². The Balaban J connectivity index is 1.62. The first-order valence-electron chi connectivity index (χ1n) is 8.18. The molecule has 0 aliphatic rings. The van der Waals surface area contributed by atoms with E-state index in [1.54, 1.807) is 11.3 Å². The molecule has 2 aromatic heterocycles. The zero-order valence-corrected chi connectivity index (χ0v) is 15.0. The Morgan fingerprint density at radius 3 is 2.64 bits per heavy atom. The van der Waals surface area contributed by atoms with Gasteiger partial charge in [-0.1, -0.05) is 59.3 Å². The van der Waals surface area contributed by atoms with Crippen LogP contribution in [-0.2, 0) is 6.54 Å². The van der Waals surface area contributed by atoms with Gasteiger partial charge < -0.3 is 0 Å². The zero-order chi connectivity index (χ0) is 17.2. The maximum atomic E-state index is 4.73. The molecule has 0 N–H and O–H groups in total. The summed E-state index contributed by atoms with van der Waals surface area (Å²) in [5.41, 5.74) is 5.47. The van der Waals surface area contributed by atoms with Crippen LogP contribution in [0, 0.1) is 13.8 Å². The third kappa shape index (κ3) is 3.37. The minimum atomic E-state index is 0.719. The number of benzene rings is 2.